The van der Waals surface area contributed by atoms with Gasteiger partial charge in [-0.05, 0) is 32.3 Å². The molecule has 1 aliphatic carbocycles. The number of hydrogen-bond donors (Lipinski definition) is 1. The molecule has 2 rings (SSSR count). The van der Waals surface area contributed by atoms with Gasteiger partial charge in [-0.15, -0.1) is 0 Å². The summed E-state index contributed by atoms with van der Waals surface area (Å²) in [7, 11) is 0. The van der Waals surface area contributed by atoms with Gasteiger partial charge in [0.15, 0.2) is 6.61 Å². The molecule has 0 atom stereocenters. The van der Waals surface area contributed by atoms with E-state index in [1.807, 2.05) is 26.0 Å². The van der Waals surface area contributed by atoms with E-state index < -0.39 is 5.97 Å². The summed E-state index contributed by atoms with van der Waals surface area (Å²) in [5.41, 5.74) is 2.49. The number of amides is 1. The zero-order valence-corrected chi connectivity index (χ0v) is 14.4. The Morgan fingerprint density at radius 2 is 1.83 bits per heavy atom. The summed E-state index contributed by atoms with van der Waals surface area (Å²) in [6.45, 7) is 3.32. The SMILES string of the molecule is Cc1ccc(C(=O)COC(=O)CNC(=O)C2CCCCC2)c(C)c1. The number of ketones is 1. The molecular weight excluding hydrogens is 306 g/mol. The number of carbonyl (C=O) groups is 3. The van der Waals surface area contributed by atoms with E-state index in [4.69, 9.17) is 4.74 Å². The van der Waals surface area contributed by atoms with Gasteiger partial charge in [-0.3, -0.25) is 14.4 Å². The fraction of sp³-hybridized carbons (Fsp3) is 0.526. The standard InChI is InChI=1S/C19H25NO4/c1-13-8-9-16(14(2)10-13)17(21)12-24-18(22)11-20-19(23)15-6-4-3-5-7-15/h8-10,15H,3-7,11-12H2,1-2H3,(H,20,23). The molecule has 0 saturated heterocycles. The predicted octanol–water partition coefficient (Wildman–Crippen LogP) is 2.73. The molecule has 0 aromatic heterocycles. The Morgan fingerprint density at radius 1 is 1.12 bits per heavy atom. The van der Waals surface area contributed by atoms with E-state index >= 15 is 0 Å². The molecule has 0 unspecified atom stereocenters. The fourth-order valence-electron chi connectivity index (χ4n) is 3.07. The second kappa shape index (κ2) is 8.62. The van der Waals surface area contributed by atoms with Crippen LogP contribution in [0.4, 0.5) is 0 Å². The molecule has 0 spiro atoms. The first-order valence-electron chi connectivity index (χ1n) is 8.51. The monoisotopic (exact) mass is 331 g/mol. The van der Waals surface area contributed by atoms with Gasteiger partial charge in [-0.2, -0.15) is 0 Å². The van der Waals surface area contributed by atoms with Gasteiger partial charge in [0, 0.05) is 11.5 Å². The molecule has 0 heterocycles. The molecule has 24 heavy (non-hydrogen) atoms. The lowest BCUT2D eigenvalue weighted by atomic mass is 9.89. The maximum absolute atomic E-state index is 12.1. The summed E-state index contributed by atoms with van der Waals surface area (Å²) >= 11 is 0. The predicted molar refractivity (Wildman–Crippen MR) is 90.8 cm³/mol. The molecule has 1 N–H and O–H groups in total. The van der Waals surface area contributed by atoms with Crippen LogP contribution in [0.3, 0.4) is 0 Å². The third-order valence-electron chi connectivity index (χ3n) is 4.43. The number of ether oxygens (including phenoxy) is 1. The lowest BCUT2D eigenvalue weighted by Crippen LogP contribution is -2.36. The van der Waals surface area contributed by atoms with Crippen molar-refractivity contribution >= 4 is 17.7 Å². The van der Waals surface area contributed by atoms with Gasteiger partial charge < -0.3 is 10.1 Å². The van der Waals surface area contributed by atoms with E-state index in [-0.39, 0.29) is 30.8 Å². The highest BCUT2D eigenvalue weighted by atomic mass is 16.5. The van der Waals surface area contributed by atoms with Crippen molar-refractivity contribution in [3.05, 3.63) is 34.9 Å². The van der Waals surface area contributed by atoms with Crippen LogP contribution >= 0.6 is 0 Å². The first-order valence-corrected chi connectivity index (χ1v) is 8.51. The van der Waals surface area contributed by atoms with Gasteiger partial charge >= 0.3 is 5.97 Å². The summed E-state index contributed by atoms with van der Waals surface area (Å²) in [4.78, 5) is 35.8. The highest BCUT2D eigenvalue weighted by molar-refractivity contribution is 5.99. The minimum Gasteiger partial charge on any atom is -0.456 e. The average molecular weight is 331 g/mol. The van der Waals surface area contributed by atoms with E-state index in [1.165, 1.54) is 6.42 Å². The molecule has 1 aromatic carbocycles. The molecule has 1 saturated carbocycles. The summed E-state index contributed by atoms with van der Waals surface area (Å²) < 4.78 is 4.98. The van der Waals surface area contributed by atoms with Gasteiger partial charge in [0.05, 0.1) is 0 Å². The number of rotatable bonds is 6. The van der Waals surface area contributed by atoms with Crippen molar-refractivity contribution in [3.63, 3.8) is 0 Å². The number of benzene rings is 1. The Kier molecular flexibility index (Phi) is 6.53. The smallest absolute Gasteiger partial charge is 0.325 e. The van der Waals surface area contributed by atoms with Crippen LogP contribution in [0.15, 0.2) is 18.2 Å². The third kappa shape index (κ3) is 5.18. The van der Waals surface area contributed by atoms with E-state index in [9.17, 15) is 14.4 Å². The molecule has 1 fully saturated rings. The first kappa shape index (κ1) is 18.2. The van der Waals surface area contributed by atoms with E-state index in [0.29, 0.717) is 5.56 Å². The minimum absolute atomic E-state index is 0.00314. The van der Waals surface area contributed by atoms with Crippen molar-refractivity contribution in [2.75, 3.05) is 13.2 Å². The topological polar surface area (TPSA) is 72.5 Å². The Bertz CT molecular complexity index is 618. The number of hydrogen-bond acceptors (Lipinski definition) is 4. The molecule has 0 radical (unpaired) electrons. The van der Waals surface area contributed by atoms with Crippen molar-refractivity contribution in [2.45, 2.75) is 46.0 Å². The molecule has 1 amide bonds. The zero-order valence-electron chi connectivity index (χ0n) is 14.4. The number of Topliss-reactive ketones (excluding diaryl/α,β-unsaturated/α-hetero) is 1. The van der Waals surface area contributed by atoms with Gasteiger partial charge in [0.1, 0.15) is 6.54 Å². The van der Waals surface area contributed by atoms with Crippen LogP contribution < -0.4 is 5.32 Å². The number of esters is 1. The summed E-state index contributed by atoms with van der Waals surface area (Å²) in [5.74, 6) is -0.910. The number of carbonyl (C=O) groups excluding carboxylic acids is 3. The molecule has 5 heteroatoms. The Balaban J connectivity index is 1.74. The zero-order chi connectivity index (χ0) is 17.5. The quantitative estimate of drug-likeness (QED) is 0.642. The maximum atomic E-state index is 12.1. The molecule has 1 aromatic rings. The van der Waals surface area contributed by atoms with Gasteiger partial charge in [0.2, 0.25) is 11.7 Å². The first-order chi connectivity index (χ1) is 11.5. The molecule has 0 aliphatic heterocycles. The highest BCUT2D eigenvalue weighted by Gasteiger charge is 2.21. The molecule has 130 valence electrons. The van der Waals surface area contributed by atoms with Crippen LogP contribution in [0.2, 0.25) is 0 Å². The lowest BCUT2D eigenvalue weighted by Gasteiger charge is -2.20. The van der Waals surface area contributed by atoms with E-state index in [0.717, 1.165) is 36.8 Å². The average Bonchev–Trinajstić information content (AvgIpc) is 2.58. The molecule has 1 aliphatic rings. The van der Waals surface area contributed by atoms with Crippen molar-refractivity contribution < 1.29 is 19.1 Å². The van der Waals surface area contributed by atoms with Crippen LogP contribution in [-0.4, -0.2) is 30.8 Å². The van der Waals surface area contributed by atoms with Gasteiger partial charge in [-0.1, -0.05) is 43.0 Å². The largest absolute Gasteiger partial charge is 0.456 e. The maximum Gasteiger partial charge on any atom is 0.325 e. The van der Waals surface area contributed by atoms with Crippen molar-refractivity contribution in [2.24, 2.45) is 5.92 Å². The summed E-state index contributed by atoms with van der Waals surface area (Å²) in [5, 5.41) is 2.61. The lowest BCUT2D eigenvalue weighted by molar-refractivity contribution is -0.143. The Labute approximate surface area is 142 Å². The summed E-state index contributed by atoms with van der Waals surface area (Å²) in [6, 6.07) is 5.51. The van der Waals surface area contributed by atoms with Gasteiger partial charge in [0.25, 0.3) is 0 Å². The van der Waals surface area contributed by atoms with Crippen molar-refractivity contribution in [3.8, 4) is 0 Å². The van der Waals surface area contributed by atoms with Crippen LogP contribution in [-0.2, 0) is 14.3 Å². The Hall–Kier alpha value is -2.17. The minimum atomic E-state index is -0.586. The van der Waals surface area contributed by atoms with E-state index in [1.54, 1.807) is 6.07 Å². The van der Waals surface area contributed by atoms with Crippen LogP contribution in [0.5, 0.6) is 0 Å². The van der Waals surface area contributed by atoms with Crippen LogP contribution in [0.1, 0.15) is 53.6 Å². The van der Waals surface area contributed by atoms with Crippen molar-refractivity contribution in [1.29, 1.82) is 0 Å². The third-order valence-corrected chi connectivity index (χ3v) is 4.43. The normalized spacial score (nSPS) is 14.9. The van der Waals surface area contributed by atoms with Crippen molar-refractivity contribution in [1.82, 2.24) is 5.32 Å². The van der Waals surface area contributed by atoms with Crippen LogP contribution in [0, 0.1) is 19.8 Å². The summed E-state index contributed by atoms with van der Waals surface area (Å²) in [6.07, 6.45) is 5.06. The number of aryl methyl sites for hydroxylation is 2. The molecule has 5 nitrogen and oxygen atoms in total. The van der Waals surface area contributed by atoms with E-state index in [2.05, 4.69) is 5.32 Å². The Morgan fingerprint density at radius 3 is 2.50 bits per heavy atom. The highest BCUT2D eigenvalue weighted by Crippen LogP contribution is 2.23. The fourth-order valence-corrected chi connectivity index (χ4v) is 3.07. The second-order valence-corrected chi connectivity index (χ2v) is 6.45. The molecular formula is C19H25NO4. The van der Waals surface area contributed by atoms with Gasteiger partial charge in [-0.25, -0.2) is 0 Å². The van der Waals surface area contributed by atoms with Crippen LogP contribution in [0.25, 0.3) is 0 Å². The molecule has 0 bridgehead atoms. The second-order valence-electron chi connectivity index (χ2n) is 6.45. The number of nitrogens with one attached hydrogen (secondary N) is 1.